The van der Waals surface area contributed by atoms with Gasteiger partial charge in [0.1, 0.15) is 0 Å². The Morgan fingerprint density at radius 2 is 2.12 bits per heavy atom. The summed E-state index contributed by atoms with van der Waals surface area (Å²) in [5, 5.41) is 6.92. The van der Waals surface area contributed by atoms with Crippen LogP contribution in [0.1, 0.15) is 23.5 Å². The maximum absolute atomic E-state index is 12.5. The number of nitrogens with zero attached hydrogens (tertiary/aromatic N) is 2. The van der Waals surface area contributed by atoms with Crippen LogP contribution >= 0.6 is 0 Å². The van der Waals surface area contributed by atoms with Crippen molar-refractivity contribution in [3.05, 3.63) is 17.0 Å². The summed E-state index contributed by atoms with van der Waals surface area (Å²) in [5.41, 5.74) is 1.98. The van der Waals surface area contributed by atoms with E-state index in [1.807, 2.05) is 0 Å². The van der Waals surface area contributed by atoms with Gasteiger partial charge >= 0.3 is 6.55 Å². The first kappa shape index (κ1) is 13.1. The van der Waals surface area contributed by atoms with Crippen molar-refractivity contribution in [2.75, 3.05) is 20.3 Å². The maximum Gasteiger partial charge on any atom is 0.333 e. The highest BCUT2D eigenvalue weighted by Crippen LogP contribution is 2.18. The molecule has 0 aliphatic carbocycles. The molecule has 0 aliphatic rings. The Balaban J connectivity index is 2.65. The zero-order valence-corrected chi connectivity index (χ0v) is 9.76. The molecule has 92 valence electrons. The van der Waals surface area contributed by atoms with Crippen LogP contribution in [0.25, 0.3) is 0 Å². The van der Waals surface area contributed by atoms with E-state index < -0.39 is 6.55 Å². The monoisotopic (exact) mass is 233 g/mol. The molecule has 1 rings (SSSR count). The minimum atomic E-state index is -2.58. The van der Waals surface area contributed by atoms with Crippen molar-refractivity contribution in [1.82, 2.24) is 15.1 Å². The molecule has 6 heteroatoms. The number of rotatable bonds is 6. The molecule has 1 aromatic rings. The van der Waals surface area contributed by atoms with Crippen LogP contribution in [0, 0.1) is 13.8 Å². The minimum absolute atomic E-state index is 0.511. The van der Waals surface area contributed by atoms with E-state index >= 15 is 0 Å². The van der Waals surface area contributed by atoms with Gasteiger partial charge in [-0.1, -0.05) is 0 Å². The highest BCUT2D eigenvalue weighted by Gasteiger charge is 2.16. The van der Waals surface area contributed by atoms with Gasteiger partial charge in [0.15, 0.2) is 0 Å². The first-order chi connectivity index (χ1) is 7.57. The second kappa shape index (κ2) is 5.91. The molecular formula is C10H17F2N3O. The summed E-state index contributed by atoms with van der Waals surface area (Å²) in [4.78, 5) is 0. The summed E-state index contributed by atoms with van der Waals surface area (Å²) < 4.78 is 30.7. The molecule has 1 aromatic heterocycles. The Hall–Kier alpha value is -1.01. The molecule has 0 radical (unpaired) electrons. The Morgan fingerprint density at radius 3 is 2.62 bits per heavy atom. The van der Waals surface area contributed by atoms with Gasteiger partial charge in [-0.15, -0.1) is 0 Å². The molecule has 0 unspecified atom stereocenters. The van der Waals surface area contributed by atoms with Gasteiger partial charge in [0.25, 0.3) is 0 Å². The average Bonchev–Trinajstić information content (AvgIpc) is 2.51. The molecule has 0 fully saturated rings. The number of nitrogens with one attached hydrogen (secondary N) is 1. The molecule has 0 aliphatic heterocycles. The van der Waals surface area contributed by atoms with Crippen molar-refractivity contribution in [3.8, 4) is 0 Å². The quantitative estimate of drug-likeness (QED) is 0.759. The fourth-order valence-corrected chi connectivity index (χ4v) is 1.53. The van der Waals surface area contributed by atoms with E-state index in [0.717, 1.165) is 10.2 Å². The van der Waals surface area contributed by atoms with Crippen molar-refractivity contribution in [3.63, 3.8) is 0 Å². The molecule has 0 spiro atoms. The van der Waals surface area contributed by atoms with E-state index in [2.05, 4.69) is 10.4 Å². The third kappa shape index (κ3) is 2.99. The van der Waals surface area contributed by atoms with Gasteiger partial charge < -0.3 is 10.1 Å². The van der Waals surface area contributed by atoms with Crippen molar-refractivity contribution in [1.29, 1.82) is 0 Å². The number of hydrogen-bond acceptors (Lipinski definition) is 3. The summed E-state index contributed by atoms with van der Waals surface area (Å²) in [7, 11) is 1.62. The van der Waals surface area contributed by atoms with E-state index in [-0.39, 0.29) is 0 Å². The third-order valence-electron chi connectivity index (χ3n) is 2.44. The van der Waals surface area contributed by atoms with E-state index in [0.29, 0.717) is 31.1 Å². The Morgan fingerprint density at radius 1 is 1.44 bits per heavy atom. The topological polar surface area (TPSA) is 39.1 Å². The molecule has 4 nitrogen and oxygen atoms in total. The Labute approximate surface area is 93.6 Å². The summed E-state index contributed by atoms with van der Waals surface area (Å²) in [6.45, 7) is 2.63. The standard InChI is InChI=1S/C10H17F2N3O/c1-7-9(6-13-4-5-16-3)8(2)15(14-7)10(11)12/h10,13H,4-6H2,1-3H3. The predicted octanol–water partition coefficient (Wildman–Crippen LogP) is 1.63. The summed E-state index contributed by atoms with van der Waals surface area (Å²) in [6.07, 6.45) is 0. The first-order valence-electron chi connectivity index (χ1n) is 5.10. The molecule has 16 heavy (non-hydrogen) atoms. The largest absolute Gasteiger partial charge is 0.383 e. The van der Waals surface area contributed by atoms with Gasteiger partial charge in [-0.25, -0.2) is 4.68 Å². The van der Waals surface area contributed by atoms with Crippen LogP contribution in [0.3, 0.4) is 0 Å². The van der Waals surface area contributed by atoms with E-state index in [9.17, 15) is 8.78 Å². The molecule has 0 amide bonds. The van der Waals surface area contributed by atoms with E-state index in [4.69, 9.17) is 4.74 Å². The SMILES string of the molecule is COCCNCc1c(C)nn(C(F)F)c1C. The van der Waals surface area contributed by atoms with Crippen molar-refractivity contribution < 1.29 is 13.5 Å². The zero-order chi connectivity index (χ0) is 12.1. The summed E-state index contributed by atoms with van der Waals surface area (Å²) in [5.74, 6) is 0. The van der Waals surface area contributed by atoms with Crippen LogP contribution in [0.5, 0.6) is 0 Å². The second-order valence-electron chi connectivity index (χ2n) is 3.54. The van der Waals surface area contributed by atoms with E-state index in [1.165, 1.54) is 0 Å². The van der Waals surface area contributed by atoms with Crippen LogP contribution < -0.4 is 5.32 Å². The number of halogens is 2. The molecule has 0 saturated heterocycles. The zero-order valence-electron chi connectivity index (χ0n) is 9.76. The van der Waals surface area contributed by atoms with Crippen molar-refractivity contribution in [2.24, 2.45) is 0 Å². The molecule has 0 bridgehead atoms. The van der Waals surface area contributed by atoms with Crippen molar-refractivity contribution >= 4 is 0 Å². The number of aromatic nitrogens is 2. The molecule has 0 aromatic carbocycles. The van der Waals surface area contributed by atoms with Gasteiger partial charge in [0.2, 0.25) is 0 Å². The van der Waals surface area contributed by atoms with Crippen LogP contribution in [-0.4, -0.2) is 30.0 Å². The fourth-order valence-electron chi connectivity index (χ4n) is 1.53. The van der Waals surface area contributed by atoms with Gasteiger partial charge in [-0.3, -0.25) is 0 Å². The van der Waals surface area contributed by atoms with Crippen LogP contribution in [0.4, 0.5) is 8.78 Å². The minimum Gasteiger partial charge on any atom is -0.383 e. The average molecular weight is 233 g/mol. The molecule has 0 atom stereocenters. The smallest absolute Gasteiger partial charge is 0.333 e. The van der Waals surface area contributed by atoms with Crippen LogP contribution in [-0.2, 0) is 11.3 Å². The predicted molar refractivity (Wildman–Crippen MR) is 56.5 cm³/mol. The number of alkyl halides is 2. The summed E-state index contributed by atoms with van der Waals surface area (Å²) in [6, 6.07) is 0. The highest BCUT2D eigenvalue weighted by atomic mass is 19.3. The number of aryl methyl sites for hydroxylation is 1. The first-order valence-corrected chi connectivity index (χ1v) is 5.10. The molecule has 0 saturated carbocycles. The molecule has 1 heterocycles. The van der Waals surface area contributed by atoms with Gasteiger partial charge in [-0.2, -0.15) is 13.9 Å². The van der Waals surface area contributed by atoms with Gasteiger partial charge in [-0.05, 0) is 13.8 Å². The lowest BCUT2D eigenvalue weighted by Crippen LogP contribution is -2.19. The Kier molecular flexibility index (Phi) is 4.82. The lowest BCUT2D eigenvalue weighted by Gasteiger charge is -2.05. The molecular weight excluding hydrogens is 216 g/mol. The fraction of sp³-hybridized carbons (Fsp3) is 0.700. The normalized spacial score (nSPS) is 11.4. The Bertz CT molecular complexity index is 339. The van der Waals surface area contributed by atoms with Gasteiger partial charge in [0, 0.05) is 31.5 Å². The number of methoxy groups -OCH3 is 1. The van der Waals surface area contributed by atoms with E-state index in [1.54, 1.807) is 21.0 Å². The summed E-state index contributed by atoms with van der Waals surface area (Å²) >= 11 is 0. The lowest BCUT2D eigenvalue weighted by molar-refractivity contribution is 0.0540. The van der Waals surface area contributed by atoms with Crippen LogP contribution in [0.15, 0.2) is 0 Å². The van der Waals surface area contributed by atoms with Gasteiger partial charge in [0.05, 0.1) is 12.3 Å². The lowest BCUT2D eigenvalue weighted by atomic mass is 10.2. The van der Waals surface area contributed by atoms with Crippen molar-refractivity contribution in [2.45, 2.75) is 26.9 Å². The molecule has 1 N–H and O–H groups in total. The highest BCUT2D eigenvalue weighted by molar-refractivity contribution is 5.24. The maximum atomic E-state index is 12.5. The number of ether oxygens (including phenoxy) is 1. The third-order valence-corrected chi connectivity index (χ3v) is 2.44. The second-order valence-corrected chi connectivity index (χ2v) is 3.54. The van der Waals surface area contributed by atoms with Crippen LogP contribution in [0.2, 0.25) is 0 Å². The number of hydrogen-bond donors (Lipinski definition) is 1.